The number of benzene rings is 1. The first-order chi connectivity index (χ1) is 6.85. The molecule has 2 N–H and O–H groups in total. The van der Waals surface area contributed by atoms with Crippen molar-refractivity contribution in [1.82, 2.24) is 0 Å². The monoisotopic (exact) mass is 211 g/mol. The average molecular weight is 211 g/mol. The average Bonchev–Trinajstić information content (AvgIpc) is 2.14. The summed E-state index contributed by atoms with van der Waals surface area (Å²) in [6.45, 7) is 7.68. The summed E-state index contributed by atoms with van der Waals surface area (Å²) < 4.78 is 18.9. The number of nitrogen functional groups attached to an aromatic ring is 1. The molecule has 0 saturated carbocycles. The minimum atomic E-state index is -0.297. The fraction of sp³-hybridized carbons (Fsp3) is 0.500. The van der Waals surface area contributed by atoms with Crippen LogP contribution in [-0.4, -0.2) is 5.60 Å². The van der Waals surface area contributed by atoms with Crippen molar-refractivity contribution in [3.8, 4) is 5.75 Å². The maximum atomic E-state index is 13.1. The molecule has 0 amide bonds. The molecule has 0 saturated heterocycles. The summed E-state index contributed by atoms with van der Waals surface area (Å²) in [7, 11) is 0. The van der Waals surface area contributed by atoms with Gasteiger partial charge in [-0.3, -0.25) is 0 Å². The second-order valence-corrected chi connectivity index (χ2v) is 4.35. The minimum Gasteiger partial charge on any atom is -0.486 e. The number of nitrogens with two attached hydrogens (primary N) is 1. The molecule has 15 heavy (non-hydrogen) atoms. The van der Waals surface area contributed by atoms with Gasteiger partial charge in [-0.15, -0.1) is 0 Å². The predicted octanol–water partition coefficient (Wildman–Crippen LogP) is 3.28. The van der Waals surface area contributed by atoms with Crippen molar-refractivity contribution in [2.75, 3.05) is 5.73 Å². The zero-order valence-corrected chi connectivity index (χ0v) is 9.73. The maximum Gasteiger partial charge on any atom is 0.143 e. The number of hydrogen-bond donors (Lipinski definition) is 1. The Balaban J connectivity index is 3.01. The van der Waals surface area contributed by atoms with Crippen molar-refractivity contribution >= 4 is 5.69 Å². The third-order valence-corrected chi connectivity index (χ3v) is 2.53. The van der Waals surface area contributed by atoms with Crippen molar-refractivity contribution < 1.29 is 9.13 Å². The highest BCUT2D eigenvalue weighted by atomic mass is 19.1. The Kier molecular flexibility index (Phi) is 3.22. The van der Waals surface area contributed by atoms with Gasteiger partial charge < -0.3 is 10.5 Å². The molecule has 0 spiro atoms. The predicted molar refractivity (Wildman–Crippen MR) is 60.5 cm³/mol. The van der Waals surface area contributed by atoms with Crippen LogP contribution in [0.15, 0.2) is 12.1 Å². The molecule has 0 aromatic heterocycles. The van der Waals surface area contributed by atoms with Crippen molar-refractivity contribution in [2.24, 2.45) is 0 Å². The molecule has 1 aromatic rings. The molecule has 0 atom stereocenters. The topological polar surface area (TPSA) is 35.2 Å². The van der Waals surface area contributed by atoms with E-state index in [-0.39, 0.29) is 11.4 Å². The number of ether oxygens (including phenoxy) is 1. The summed E-state index contributed by atoms with van der Waals surface area (Å²) in [5.41, 5.74) is 6.30. The summed E-state index contributed by atoms with van der Waals surface area (Å²) in [6, 6.07) is 2.94. The quantitative estimate of drug-likeness (QED) is 0.779. The minimum absolute atomic E-state index is 0.279. The first-order valence-electron chi connectivity index (χ1n) is 5.10. The number of hydrogen-bond acceptors (Lipinski definition) is 2. The zero-order chi connectivity index (χ0) is 11.6. The van der Waals surface area contributed by atoms with Crippen LogP contribution in [0.2, 0.25) is 0 Å². The van der Waals surface area contributed by atoms with Crippen molar-refractivity contribution in [3.63, 3.8) is 0 Å². The standard InChI is InChI=1S/C12H18FNO/c1-5-12(3,4)15-11-6-8(2)9(13)7-10(11)14/h6-7H,5,14H2,1-4H3. The smallest absolute Gasteiger partial charge is 0.143 e. The van der Waals surface area contributed by atoms with E-state index in [1.54, 1.807) is 13.0 Å². The SMILES string of the molecule is CCC(C)(C)Oc1cc(C)c(F)cc1N. The zero-order valence-electron chi connectivity index (χ0n) is 9.73. The lowest BCUT2D eigenvalue weighted by Gasteiger charge is -2.26. The third kappa shape index (κ3) is 2.85. The van der Waals surface area contributed by atoms with Crippen LogP contribution < -0.4 is 10.5 Å². The molecule has 3 heteroatoms. The van der Waals surface area contributed by atoms with Crippen LogP contribution in [0, 0.1) is 12.7 Å². The molecule has 0 unspecified atom stereocenters. The third-order valence-electron chi connectivity index (χ3n) is 2.53. The molecule has 0 aliphatic heterocycles. The van der Waals surface area contributed by atoms with E-state index in [1.807, 2.05) is 20.8 Å². The number of rotatable bonds is 3. The van der Waals surface area contributed by atoms with Gasteiger partial charge in [0.2, 0.25) is 0 Å². The first-order valence-corrected chi connectivity index (χ1v) is 5.10. The lowest BCUT2D eigenvalue weighted by molar-refractivity contribution is 0.106. The molecule has 1 aromatic carbocycles. The van der Waals surface area contributed by atoms with Gasteiger partial charge in [0.05, 0.1) is 5.69 Å². The van der Waals surface area contributed by atoms with Crippen LogP contribution in [0.1, 0.15) is 32.8 Å². The Morgan fingerprint density at radius 3 is 2.53 bits per heavy atom. The molecule has 2 nitrogen and oxygen atoms in total. The fourth-order valence-corrected chi connectivity index (χ4v) is 1.13. The Labute approximate surface area is 90.2 Å². The van der Waals surface area contributed by atoms with Crippen LogP contribution >= 0.6 is 0 Å². The fourth-order valence-electron chi connectivity index (χ4n) is 1.13. The van der Waals surface area contributed by atoms with E-state index in [1.165, 1.54) is 6.07 Å². The summed E-state index contributed by atoms with van der Waals surface area (Å²) in [4.78, 5) is 0. The number of halogens is 1. The van der Waals surface area contributed by atoms with Gasteiger partial charge in [0, 0.05) is 6.07 Å². The molecule has 84 valence electrons. The molecule has 0 aliphatic carbocycles. The lowest BCUT2D eigenvalue weighted by atomic mass is 10.1. The van der Waals surface area contributed by atoms with Gasteiger partial charge in [-0.05, 0) is 38.8 Å². The second-order valence-electron chi connectivity index (χ2n) is 4.35. The Hall–Kier alpha value is -1.25. The van der Waals surface area contributed by atoms with E-state index < -0.39 is 0 Å². The summed E-state index contributed by atoms with van der Waals surface area (Å²) in [5.74, 6) is 0.259. The lowest BCUT2D eigenvalue weighted by Crippen LogP contribution is -2.27. The number of aryl methyl sites for hydroxylation is 1. The van der Waals surface area contributed by atoms with Crippen LogP contribution in [0.4, 0.5) is 10.1 Å². The van der Waals surface area contributed by atoms with Gasteiger partial charge in [0.1, 0.15) is 17.2 Å². The summed E-state index contributed by atoms with van der Waals surface area (Å²) in [6.07, 6.45) is 0.864. The van der Waals surface area contributed by atoms with Crippen LogP contribution in [0.5, 0.6) is 5.75 Å². The largest absolute Gasteiger partial charge is 0.486 e. The molecule has 0 radical (unpaired) electrons. The van der Waals surface area contributed by atoms with Gasteiger partial charge in [0.25, 0.3) is 0 Å². The van der Waals surface area contributed by atoms with Gasteiger partial charge >= 0.3 is 0 Å². The molecule has 0 aliphatic rings. The Morgan fingerprint density at radius 2 is 2.00 bits per heavy atom. The maximum absolute atomic E-state index is 13.1. The van der Waals surface area contributed by atoms with E-state index in [0.29, 0.717) is 17.0 Å². The van der Waals surface area contributed by atoms with E-state index in [4.69, 9.17) is 10.5 Å². The summed E-state index contributed by atoms with van der Waals surface area (Å²) >= 11 is 0. The van der Waals surface area contributed by atoms with E-state index in [2.05, 4.69) is 0 Å². The van der Waals surface area contributed by atoms with Crippen LogP contribution in [0.3, 0.4) is 0 Å². The highest BCUT2D eigenvalue weighted by molar-refractivity contribution is 5.54. The first kappa shape index (κ1) is 11.8. The highest BCUT2D eigenvalue weighted by Crippen LogP contribution is 2.29. The molecular weight excluding hydrogens is 193 g/mol. The molecule has 0 fully saturated rings. The van der Waals surface area contributed by atoms with Gasteiger partial charge in [-0.1, -0.05) is 6.92 Å². The van der Waals surface area contributed by atoms with E-state index in [9.17, 15) is 4.39 Å². The van der Waals surface area contributed by atoms with Crippen LogP contribution in [-0.2, 0) is 0 Å². The Bertz CT molecular complexity index is 361. The normalized spacial score (nSPS) is 11.5. The van der Waals surface area contributed by atoms with Crippen molar-refractivity contribution in [3.05, 3.63) is 23.5 Å². The summed E-state index contributed by atoms with van der Waals surface area (Å²) in [5, 5.41) is 0. The van der Waals surface area contributed by atoms with E-state index in [0.717, 1.165) is 6.42 Å². The molecule has 0 heterocycles. The highest BCUT2D eigenvalue weighted by Gasteiger charge is 2.18. The molecule has 1 rings (SSSR count). The van der Waals surface area contributed by atoms with Gasteiger partial charge in [-0.25, -0.2) is 4.39 Å². The Morgan fingerprint density at radius 1 is 1.40 bits per heavy atom. The van der Waals surface area contributed by atoms with E-state index >= 15 is 0 Å². The number of anilines is 1. The molecular formula is C12H18FNO. The van der Waals surface area contributed by atoms with Crippen molar-refractivity contribution in [1.29, 1.82) is 0 Å². The van der Waals surface area contributed by atoms with Gasteiger partial charge in [-0.2, -0.15) is 0 Å². The van der Waals surface area contributed by atoms with Crippen molar-refractivity contribution in [2.45, 2.75) is 39.7 Å². The molecule has 0 bridgehead atoms. The van der Waals surface area contributed by atoms with Gasteiger partial charge in [0.15, 0.2) is 0 Å². The van der Waals surface area contributed by atoms with Crippen LogP contribution in [0.25, 0.3) is 0 Å². The second kappa shape index (κ2) is 4.09.